The highest BCUT2D eigenvalue weighted by Gasteiger charge is 2.28. The third-order valence-corrected chi connectivity index (χ3v) is 3.64. The number of carbonyl (C=O) groups excluding carboxylic acids is 1. The first-order valence-corrected chi connectivity index (χ1v) is 6.56. The number of halogens is 1. The summed E-state index contributed by atoms with van der Waals surface area (Å²) in [6.07, 6.45) is 4.61. The number of pyridine rings is 1. The van der Waals surface area contributed by atoms with Gasteiger partial charge in [-0.25, -0.2) is 0 Å². The Kier molecular flexibility index (Phi) is 4.37. The predicted molar refractivity (Wildman–Crippen MR) is 70.1 cm³/mol. The second-order valence-corrected chi connectivity index (χ2v) is 5.10. The Labute approximate surface area is 116 Å². The summed E-state index contributed by atoms with van der Waals surface area (Å²) >= 11 is 5.95. The van der Waals surface area contributed by atoms with Crippen molar-refractivity contribution >= 4 is 23.5 Å². The molecular weight excluding hydrogens is 268 g/mol. The van der Waals surface area contributed by atoms with Crippen LogP contribution >= 0.6 is 11.6 Å². The van der Waals surface area contributed by atoms with Crippen molar-refractivity contribution in [3.63, 3.8) is 0 Å². The van der Waals surface area contributed by atoms with Crippen molar-refractivity contribution in [2.45, 2.75) is 19.3 Å². The molecule has 1 unspecified atom stereocenters. The summed E-state index contributed by atoms with van der Waals surface area (Å²) in [5.74, 6) is -0.632. The highest BCUT2D eigenvalue weighted by Crippen LogP contribution is 2.24. The Morgan fingerprint density at radius 1 is 1.53 bits per heavy atom. The molecule has 1 N–H and O–H groups in total. The van der Waals surface area contributed by atoms with Crippen LogP contribution in [0.15, 0.2) is 18.5 Å². The van der Waals surface area contributed by atoms with E-state index in [4.69, 9.17) is 16.7 Å². The van der Waals surface area contributed by atoms with E-state index in [1.165, 1.54) is 12.4 Å². The summed E-state index contributed by atoms with van der Waals surface area (Å²) < 4.78 is 0. The molecule has 0 bridgehead atoms. The zero-order chi connectivity index (χ0) is 13.8. The predicted octanol–water partition coefficient (Wildman–Crippen LogP) is 2.06. The van der Waals surface area contributed by atoms with Gasteiger partial charge in [0.05, 0.1) is 10.6 Å². The maximum absolute atomic E-state index is 12.2. The van der Waals surface area contributed by atoms with E-state index in [9.17, 15) is 9.59 Å². The van der Waals surface area contributed by atoms with Gasteiger partial charge in [0.15, 0.2) is 0 Å². The van der Waals surface area contributed by atoms with Gasteiger partial charge in [-0.15, -0.1) is 0 Å². The maximum atomic E-state index is 12.2. The molecule has 1 aromatic rings. The van der Waals surface area contributed by atoms with Crippen molar-refractivity contribution in [2.75, 3.05) is 13.1 Å². The Morgan fingerprint density at radius 3 is 3.00 bits per heavy atom. The lowest BCUT2D eigenvalue weighted by atomic mass is 10.0. The van der Waals surface area contributed by atoms with Crippen LogP contribution in [-0.2, 0) is 4.79 Å². The van der Waals surface area contributed by atoms with E-state index in [1.54, 1.807) is 11.0 Å². The molecule has 0 radical (unpaired) electrons. The molecule has 102 valence electrons. The quantitative estimate of drug-likeness (QED) is 0.918. The smallest absolute Gasteiger partial charge is 0.303 e. The highest BCUT2D eigenvalue weighted by molar-refractivity contribution is 6.33. The standard InChI is InChI=1S/C13H15ClN2O3/c14-11-7-15-5-3-10(11)13(19)16-6-4-9(8-16)1-2-12(17)18/h3,5,7,9H,1-2,4,6,8H2,(H,17,18). The molecule has 0 aromatic carbocycles. The van der Waals surface area contributed by atoms with Crippen LogP contribution in [0.2, 0.25) is 5.02 Å². The number of carbonyl (C=O) groups is 2. The van der Waals surface area contributed by atoms with E-state index in [1.807, 2.05) is 0 Å². The van der Waals surface area contributed by atoms with Gasteiger partial charge in [0.2, 0.25) is 0 Å². The van der Waals surface area contributed by atoms with Crippen LogP contribution in [0.3, 0.4) is 0 Å². The lowest BCUT2D eigenvalue weighted by Crippen LogP contribution is -2.29. The van der Waals surface area contributed by atoms with E-state index in [-0.39, 0.29) is 18.2 Å². The first kappa shape index (κ1) is 13.8. The number of carboxylic acid groups (broad SMARTS) is 1. The fourth-order valence-corrected chi connectivity index (χ4v) is 2.50. The first-order chi connectivity index (χ1) is 9.08. The SMILES string of the molecule is O=C(O)CCC1CCN(C(=O)c2ccncc2Cl)C1. The topological polar surface area (TPSA) is 70.5 Å². The molecule has 6 heteroatoms. The molecule has 2 heterocycles. The Bertz CT molecular complexity index is 493. The number of rotatable bonds is 4. The van der Waals surface area contributed by atoms with E-state index < -0.39 is 5.97 Å². The molecule has 1 amide bonds. The largest absolute Gasteiger partial charge is 0.481 e. The Hall–Kier alpha value is -1.62. The number of nitrogens with zero attached hydrogens (tertiary/aromatic N) is 2. The van der Waals surface area contributed by atoms with Gasteiger partial charge in [0, 0.05) is 31.9 Å². The molecule has 1 aliphatic rings. The summed E-state index contributed by atoms with van der Waals surface area (Å²) in [7, 11) is 0. The van der Waals surface area contributed by atoms with E-state index in [0.29, 0.717) is 30.1 Å². The van der Waals surface area contributed by atoms with Crippen molar-refractivity contribution in [1.82, 2.24) is 9.88 Å². The van der Waals surface area contributed by atoms with E-state index in [0.717, 1.165) is 6.42 Å². The summed E-state index contributed by atoms with van der Waals surface area (Å²) in [6.45, 7) is 1.26. The molecule has 19 heavy (non-hydrogen) atoms. The highest BCUT2D eigenvalue weighted by atomic mass is 35.5. The Balaban J connectivity index is 1.95. The number of hydrogen-bond acceptors (Lipinski definition) is 3. The minimum Gasteiger partial charge on any atom is -0.481 e. The summed E-state index contributed by atoms with van der Waals surface area (Å²) in [6, 6.07) is 1.61. The van der Waals surface area contributed by atoms with Crippen molar-refractivity contribution in [1.29, 1.82) is 0 Å². The molecule has 0 saturated carbocycles. The maximum Gasteiger partial charge on any atom is 0.303 e. The molecule has 1 aromatic heterocycles. The number of amides is 1. The Morgan fingerprint density at radius 2 is 2.32 bits per heavy atom. The number of aromatic nitrogens is 1. The monoisotopic (exact) mass is 282 g/mol. The van der Waals surface area contributed by atoms with Crippen LogP contribution in [0, 0.1) is 5.92 Å². The summed E-state index contributed by atoms with van der Waals surface area (Å²) in [5, 5.41) is 9.01. The molecule has 1 fully saturated rings. The van der Waals surface area contributed by atoms with E-state index >= 15 is 0 Å². The average molecular weight is 283 g/mol. The number of aliphatic carboxylic acids is 1. The van der Waals surface area contributed by atoms with Gasteiger partial charge < -0.3 is 10.0 Å². The van der Waals surface area contributed by atoms with Gasteiger partial charge in [0.1, 0.15) is 0 Å². The normalized spacial score (nSPS) is 18.6. The molecule has 0 aliphatic carbocycles. The fourth-order valence-electron chi connectivity index (χ4n) is 2.30. The number of carboxylic acids is 1. The molecule has 1 atom stereocenters. The molecule has 1 aliphatic heterocycles. The molecule has 0 spiro atoms. The lowest BCUT2D eigenvalue weighted by molar-refractivity contribution is -0.137. The van der Waals surface area contributed by atoms with Gasteiger partial charge in [-0.1, -0.05) is 11.6 Å². The second-order valence-electron chi connectivity index (χ2n) is 4.69. The van der Waals surface area contributed by atoms with Gasteiger partial charge in [0.25, 0.3) is 5.91 Å². The van der Waals surface area contributed by atoms with Crippen LogP contribution in [-0.4, -0.2) is 40.0 Å². The van der Waals surface area contributed by atoms with Gasteiger partial charge in [-0.05, 0) is 24.8 Å². The molecular formula is C13H15ClN2O3. The first-order valence-electron chi connectivity index (χ1n) is 6.18. The average Bonchev–Trinajstić information content (AvgIpc) is 2.85. The van der Waals surface area contributed by atoms with Crippen LogP contribution in [0.25, 0.3) is 0 Å². The fraction of sp³-hybridized carbons (Fsp3) is 0.462. The summed E-state index contributed by atoms with van der Waals surface area (Å²) in [4.78, 5) is 28.4. The van der Waals surface area contributed by atoms with Gasteiger partial charge in [-0.2, -0.15) is 0 Å². The third kappa shape index (κ3) is 3.44. The molecule has 1 saturated heterocycles. The zero-order valence-electron chi connectivity index (χ0n) is 10.4. The van der Waals surface area contributed by atoms with Crippen LogP contribution in [0.5, 0.6) is 0 Å². The second kappa shape index (κ2) is 6.02. The summed E-state index contributed by atoms with van der Waals surface area (Å²) in [5.41, 5.74) is 0.454. The van der Waals surface area contributed by atoms with E-state index in [2.05, 4.69) is 4.98 Å². The van der Waals surface area contributed by atoms with Crippen molar-refractivity contribution in [3.05, 3.63) is 29.0 Å². The molecule has 5 nitrogen and oxygen atoms in total. The van der Waals surface area contributed by atoms with Crippen LogP contribution in [0.1, 0.15) is 29.6 Å². The minimum absolute atomic E-state index is 0.106. The van der Waals surface area contributed by atoms with Crippen LogP contribution in [0.4, 0.5) is 0 Å². The van der Waals surface area contributed by atoms with Gasteiger partial charge >= 0.3 is 5.97 Å². The lowest BCUT2D eigenvalue weighted by Gasteiger charge is -2.17. The number of hydrogen-bond donors (Lipinski definition) is 1. The van der Waals surface area contributed by atoms with Crippen molar-refractivity contribution in [3.8, 4) is 0 Å². The zero-order valence-corrected chi connectivity index (χ0v) is 11.1. The van der Waals surface area contributed by atoms with Crippen molar-refractivity contribution < 1.29 is 14.7 Å². The number of likely N-dealkylation sites (tertiary alicyclic amines) is 1. The van der Waals surface area contributed by atoms with Crippen LogP contribution < -0.4 is 0 Å². The minimum atomic E-state index is -0.790. The van der Waals surface area contributed by atoms with Crippen molar-refractivity contribution in [2.24, 2.45) is 5.92 Å². The molecule has 2 rings (SSSR count). The van der Waals surface area contributed by atoms with Gasteiger partial charge in [-0.3, -0.25) is 14.6 Å². The third-order valence-electron chi connectivity index (χ3n) is 3.34.